The van der Waals surface area contributed by atoms with E-state index in [1.807, 2.05) is 0 Å². The number of aromatic nitrogens is 2. The number of hydrogen-bond acceptors (Lipinski definition) is 6. The number of rotatable bonds is 6. The monoisotopic (exact) mass is 311 g/mol. The van der Waals surface area contributed by atoms with Gasteiger partial charge in [0.25, 0.3) is 0 Å². The second-order valence-electron chi connectivity index (χ2n) is 4.40. The first-order valence-corrected chi connectivity index (χ1v) is 7.84. The van der Waals surface area contributed by atoms with Gasteiger partial charge in [0, 0.05) is 6.42 Å². The molecule has 8 nitrogen and oxygen atoms in total. The summed E-state index contributed by atoms with van der Waals surface area (Å²) >= 11 is 0. The molecular weight excluding hydrogens is 297 g/mol. The summed E-state index contributed by atoms with van der Waals surface area (Å²) in [5, 5.41) is 8.76. The van der Waals surface area contributed by atoms with Gasteiger partial charge in [0.05, 0.1) is 35.0 Å². The average Bonchev–Trinajstić information content (AvgIpc) is 2.44. The number of carbonyl (C=O) groups is 1. The van der Waals surface area contributed by atoms with Gasteiger partial charge in [0.15, 0.2) is 0 Å². The van der Waals surface area contributed by atoms with Crippen LogP contribution in [-0.4, -0.2) is 25.9 Å². The van der Waals surface area contributed by atoms with Gasteiger partial charge in [-0.2, -0.15) is 0 Å². The van der Waals surface area contributed by atoms with Crippen LogP contribution in [0.25, 0.3) is 11.0 Å². The number of nitrogens with zero attached hydrogens (tertiary/aromatic N) is 2. The summed E-state index contributed by atoms with van der Waals surface area (Å²) < 4.78 is 15.7. The Bertz CT molecular complexity index is 721. The highest BCUT2D eigenvalue weighted by molar-refractivity contribution is 7.51. The van der Waals surface area contributed by atoms with E-state index in [1.54, 1.807) is 24.3 Å². The Morgan fingerprint density at radius 1 is 1.24 bits per heavy atom. The summed E-state index contributed by atoms with van der Waals surface area (Å²) in [5.41, 5.74) is 1.69. The minimum absolute atomic E-state index is 0.104. The standard InChI is InChI=1S/C12H14N3O5P/c13-20-21(18,19)7-11-10(5-6-12(16)17)14-8-3-1-2-4-9(8)15-11/h1-4H,5-7,13H2,(H,16,17)(H,18,19). The largest absolute Gasteiger partial charge is 0.481 e. The molecular formula is C12H14N3O5P. The van der Waals surface area contributed by atoms with Crippen molar-refractivity contribution < 1.29 is 24.0 Å². The molecule has 112 valence electrons. The maximum absolute atomic E-state index is 11.6. The molecule has 0 saturated heterocycles. The van der Waals surface area contributed by atoms with E-state index in [1.165, 1.54) is 0 Å². The van der Waals surface area contributed by atoms with Crippen LogP contribution in [0.2, 0.25) is 0 Å². The summed E-state index contributed by atoms with van der Waals surface area (Å²) in [6, 6.07) is 6.97. The molecule has 1 aromatic carbocycles. The number of hydrogen-bond donors (Lipinski definition) is 3. The first kappa shape index (κ1) is 15.5. The van der Waals surface area contributed by atoms with Gasteiger partial charge < -0.3 is 10.00 Å². The number of aliphatic carboxylic acids is 1. The fraction of sp³-hybridized carbons (Fsp3) is 0.250. The van der Waals surface area contributed by atoms with Crippen molar-refractivity contribution in [1.82, 2.24) is 9.97 Å². The lowest BCUT2D eigenvalue weighted by atomic mass is 10.2. The molecule has 0 aliphatic carbocycles. The molecule has 21 heavy (non-hydrogen) atoms. The molecule has 0 bridgehead atoms. The minimum atomic E-state index is -4.02. The Morgan fingerprint density at radius 3 is 2.33 bits per heavy atom. The number of benzene rings is 1. The molecule has 0 amide bonds. The lowest BCUT2D eigenvalue weighted by Gasteiger charge is -2.11. The predicted octanol–water partition coefficient (Wildman–Crippen LogP) is 1.22. The maximum atomic E-state index is 11.6. The molecule has 0 spiro atoms. The molecule has 1 atom stereocenters. The quantitative estimate of drug-likeness (QED) is 0.535. The maximum Gasteiger partial charge on any atom is 0.350 e. The third kappa shape index (κ3) is 4.05. The summed E-state index contributed by atoms with van der Waals surface area (Å²) in [6.07, 6.45) is -0.470. The van der Waals surface area contributed by atoms with Crippen molar-refractivity contribution in [1.29, 1.82) is 0 Å². The molecule has 0 saturated carbocycles. The highest BCUT2D eigenvalue weighted by atomic mass is 31.2. The van der Waals surface area contributed by atoms with E-state index < -0.39 is 19.7 Å². The Balaban J connectivity index is 2.45. The summed E-state index contributed by atoms with van der Waals surface area (Å²) in [4.78, 5) is 28.7. The average molecular weight is 311 g/mol. The van der Waals surface area contributed by atoms with Crippen molar-refractivity contribution in [2.45, 2.75) is 19.0 Å². The third-order valence-corrected chi connectivity index (χ3v) is 3.84. The van der Waals surface area contributed by atoms with E-state index in [0.717, 1.165) is 0 Å². The van der Waals surface area contributed by atoms with Gasteiger partial charge in [-0.1, -0.05) is 12.1 Å². The van der Waals surface area contributed by atoms with E-state index in [9.17, 15) is 14.3 Å². The topological polar surface area (TPSA) is 136 Å². The molecule has 0 fully saturated rings. The molecule has 1 aromatic heterocycles. The van der Waals surface area contributed by atoms with Crippen LogP contribution in [0.15, 0.2) is 24.3 Å². The normalized spacial score (nSPS) is 14.0. The molecule has 2 aromatic rings. The molecule has 0 radical (unpaired) electrons. The Kier molecular flexibility index (Phi) is 4.64. The van der Waals surface area contributed by atoms with Gasteiger partial charge >= 0.3 is 13.6 Å². The molecule has 0 aliphatic rings. The van der Waals surface area contributed by atoms with Crippen molar-refractivity contribution in [3.8, 4) is 0 Å². The van der Waals surface area contributed by atoms with Gasteiger partial charge in [-0.25, -0.2) is 20.5 Å². The third-order valence-electron chi connectivity index (χ3n) is 2.82. The van der Waals surface area contributed by atoms with E-state index in [0.29, 0.717) is 16.7 Å². The molecule has 1 heterocycles. The zero-order valence-corrected chi connectivity index (χ0v) is 11.9. The van der Waals surface area contributed by atoms with Gasteiger partial charge in [0.2, 0.25) is 0 Å². The van der Waals surface area contributed by atoms with Crippen LogP contribution < -0.4 is 5.90 Å². The van der Waals surface area contributed by atoms with E-state index in [4.69, 9.17) is 11.0 Å². The van der Waals surface area contributed by atoms with E-state index in [2.05, 4.69) is 14.6 Å². The van der Waals surface area contributed by atoms with Crippen molar-refractivity contribution in [2.75, 3.05) is 0 Å². The highest BCUT2D eigenvalue weighted by Gasteiger charge is 2.23. The van der Waals surface area contributed by atoms with Crippen molar-refractivity contribution >= 4 is 24.6 Å². The summed E-state index contributed by atoms with van der Waals surface area (Å²) in [7, 11) is -4.02. The van der Waals surface area contributed by atoms with Crippen molar-refractivity contribution in [2.24, 2.45) is 5.90 Å². The number of carboxylic acids is 1. The fourth-order valence-corrected chi connectivity index (χ4v) is 2.56. The van der Waals surface area contributed by atoms with E-state index >= 15 is 0 Å². The number of nitrogens with two attached hydrogens (primary N) is 1. The Hall–Kier alpha value is -1.86. The van der Waals surface area contributed by atoms with Gasteiger partial charge in [0.1, 0.15) is 0 Å². The van der Waals surface area contributed by atoms with Crippen LogP contribution in [0.5, 0.6) is 0 Å². The molecule has 9 heteroatoms. The minimum Gasteiger partial charge on any atom is -0.481 e. The highest BCUT2D eigenvalue weighted by Crippen LogP contribution is 2.43. The summed E-state index contributed by atoms with van der Waals surface area (Å²) in [6.45, 7) is 0. The van der Waals surface area contributed by atoms with Crippen LogP contribution in [0, 0.1) is 0 Å². The van der Waals surface area contributed by atoms with E-state index in [-0.39, 0.29) is 18.5 Å². The number of para-hydroxylation sites is 2. The zero-order valence-electron chi connectivity index (χ0n) is 11.0. The number of aryl methyl sites for hydroxylation is 1. The van der Waals surface area contributed by atoms with Gasteiger partial charge in [-0.15, -0.1) is 0 Å². The lowest BCUT2D eigenvalue weighted by molar-refractivity contribution is -0.136. The fourth-order valence-electron chi connectivity index (χ4n) is 1.85. The predicted molar refractivity (Wildman–Crippen MR) is 74.3 cm³/mol. The van der Waals surface area contributed by atoms with Crippen molar-refractivity contribution in [3.63, 3.8) is 0 Å². The van der Waals surface area contributed by atoms with Gasteiger partial charge in [-0.3, -0.25) is 9.36 Å². The lowest BCUT2D eigenvalue weighted by Crippen LogP contribution is -2.08. The van der Waals surface area contributed by atoms with Crippen LogP contribution in [0.1, 0.15) is 17.8 Å². The van der Waals surface area contributed by atoms with Crippen LogP contribution >= 0.6 is 7.60 Å². The van der Waals surface area contributed by atoms with Crippen LogP contribution in [0.4, 0.5) is 0 Å². The van der Waals surface area contributed by atoms with Crippen LogP contribution in [0.3, 0.4) is 0 Å². The zero-order chi connectivity index (χ0) is 15.5. The first-order chi connectivity index (χ1) is 9.91. The second kappa shape index (κ2) is 6.28. The molecule has 1 unspecified atom stereocenters. The molecule has 0 aliphatic heterocycles. The van der Waals surface area contributed by atoms with Crippen molar-refractivity contribution in [3.05, 3.63) is 35.7 Å². The smallest absolute Gasteiger partial charge is 0.350 e. The summed E-state index contributed by atoms with van der Waals surface area (Å²) in [5.74, 6) is 3.80. The second-order valence-corrected chi connectivity index (χ2v) is 6.20. The molecule has 4 N–H and O–H groups in total. The Morgan fingerprint density at radius 2 is 1.81 bits per heavy atom. The SMILES string of the molecule is NOP(=O)(O)Cc1nc2ccccc2nc1CCC(=O)O. The van der Waals surface area contributed by atoms with Gasteiger partial charge in [-0.05, 0) is 12.1 Å². The number of carboxylic acid groups (broad SMARTS) is 1. The van der Waals surface area contributed by atoms with Crippen LogP contribution in [-0.2, 0) is 26.6 Å². The Labute approximate surface area is 120 Å². The first-order valence-electron chi connectivity index (χ1n) is 6.08. The molecule has 2 rings (SSSR count). The number of fused-ring (bicyclic) bond motifs is 1.